The second-order valence-corrected chi connectivity index (χ2v) is 5.24. The number of carbonyl (C=O) groups is 1. The van der Waals surface area contributed by atoms with Crippen LogP contribution in [0.25, 0.3) is 0 Å². The summed E-state index contributed by atoms with van der Waals surface area (Å²) in [7, 11) is 0. The van der Waals surface area contributed by atoms with E-state index in [9.17, 15) is 28.9 Å². The molecule has 0 spiro atoms. The molecule has 1 aromatic carbocycles. The summed E-state index contributed by atoms with van der Waals surface area (Å²) in [5.74, 6) is -2.51. The van der Waals surface area contributed by atoms with Crippen LogP contribution in [0.15, 0.2) is 18.2 Å². The van der Waals surface area contributed by atoms with Gasteiger partial charge in [0.25, 0.3) is 0 Å². The fraction of sp³-hybridized carbons (Fsp3) is 0.500. The molecular weight excluding hydrogens is 316 g/mol. The Morgan fingerprint density at radius 3 is 2.39 bits per heavy atom. The van der Waals surface area contributed by atoms with Crippen molar-refractivity contribution < 1.29 is 38.7 Å². The first-order valence-electron chi connectivity index (χ1n) is 6.89. The second kappa shape index (κ2) is 7.28. The number of anilines is 1. The lowest BCUT2D eigenvalue weighted by Gasteiger charge is -2.39. The van der Waals surface area contributed by atoms with Crippen molar-refractivity contribution in [3.8, 4) is 0 Å². The summed E-state index contributed by atoms with van der Waals surface area (Å²) in [5.41, 5.74) is -0.249. The maximum atomic E-state index is 13.5. The predicted molar refractivity (Wildman–Crippen MR) is 73.4 cm³/mol. The molecule has 1 fully saturated rings. The molecule has 1 heterocycles. The summed E-state index contributed by atoms with van der Waals surface area (Å²) in [4.78, 5) is 11.9. The van der Waals surface area contributed by atoms with Crippen LogP contribution in [0.4, 0.5) is 14.5 Å². The van der Waals surface area contributed by atoms with E-state index in [1.165, 1.54) is 0 Å². The number of carbonyl (C=O) groups excluding carboxylic acids is 1. The van der Waals surface area contributed by atoms with E-state index in [-0.39, 0.29) is 5.69 Å². The molecule has 9 heteroatoms. The van der Waals surface area contributed by atoms with Crippen molar-refractivity contribution in [2.45, 2.75) is 36.9 Å². The summed E-state index contributed by atoms with van der Waals surface area (Å²) in [6.45, 7) is -0.615. The van der Waals surface area contributed by atoms with Crippen molar-refractivity contribution in [2.75, 3.05) is 11.9 Å². The van der Waals surface area contributed by atoms with Gasteiger partial charge in [-0.1, -0.05) is 0 Å². The van der Waals surface area contributed by atoms with E-state index in [0.717, 1.165) is 12.1 Å². The maximum Gasteiger partial charge on any atom is 0.227 e. The van der Waals surface area contributed by atoms with E-state index < -0.39 is 61.1 Å². The topological polar surface area (TPSA) is 119 Å². The Kier molecular flexibility index (Phi) is 5.60. The summed E-state index contributed by atoms with van der Waals surface area (Å²) in [6, 6.07) is 2.60. The number of ether oxygens (including phenoxy) is 1. The van der Waals surface area contributed by atoms with Gasteiger partial charge in [-0.15, -0.1) is 0 Å². The Labute approximate surface area is 130 Å². The lowest BCUT2D eigenvalue weighted by molar-refractivity contribution is -0.229. The fourth-order valence-corrected chi connectivity index (χ4v) is 2.32. The average Bonchev–Trinajstić information content (AvgIpc) is 2.50. The quantitative estimate of drug-likeness (QED) is 0.489. The van der Waals surface area contributed by atoms with Crippen LogP contribution in [-0.2, 0) is 9.53 Å². The van der Waals surface area contributed by atoms with Crippen molar-refractivity contribution in [2.24, 2.45) is 0 Å². The van der Waals surface area contributed by atoms with Crippen molar-refractivity contribution in [3.05, 3.63) is 29.8 Å². The van der Waals surface area contributed by atoms with Crippen LogP contribution in [0.2, 0.25) is 0 Å². The van der Waals surface area contributed by atoms with Crippen molar-refractivity contribution in [1.82, 2.24) is 0 Å². The number of amides is 1. The van der Waals surface area contributed by atoms with Gasteiger partial charge in [0, 0.05) is 6.07 Å². The van der Waals surface area contributed by atoms with Gasteiger partial charge in [-0.2, -0.15) is 0 Å². The molecule has 0 bridgehead atoms. The lowest BCUT2D eigenvalue weighted by atomic mass is 9.93. The van der Waals surface area contributed by atoms with Gasteiger partial charge < -0.3 is 30.5 Å². The molecule has 0 aromatic heterocycles. The summed E-state index contributed by atoms with van der Waals surface area (Å²) in [5, 5.41) is 40.3. The molecule has 0 aliphatic carbocycles. The number of benzene rings is 1. The van der Waals surface area contributed by atoms with Crippen LogP contribution >= 0.6 is 0 Å². The zero-order chi connectivity index (χ0) is 17.1. The summed E-state index contributed by atoms with van der Waals surface area (Å²) < 4.78 is 31.4. The Hall–Kier alpha value is -1.65. The van der Waals surface area contributed by atoms with Gasteiger partial charge >= 0.3 is 0 Å². The molecule has 0 saturated carbocycles. The minimum absolute atomic E-state index is 0.249. The average molecular weight is 333 g/mol. The van der Waals surface area contributed by atoms with Gasteiger partial charge in [0.1, 0.15) is 36.1 Å². The minimum atomic E-state index is -1.60. The maximum absolute atomic E-state index is 13.5. The van der Waals surface area contributed by atoms with Crippen LogP contribution in [0.5, 0.6) is 0 Å². The number of aliphatic hydroxyl groups is 4. The SMILES string of the molecule is O=C(CC1OC(CO)C(O)C(O)C1O)Nc1ccc(F)cc1F. The summed E-state index contributed by atoms with van der Waals surface area (Å²) in [6.07, 6.45) is -7.47. The van der Waals surface area contributed by atoms with Crippen LogP contribution in [-0.4, -0.2) is 63.5 Å². The highest BCUT2D eigenvalue weighted by molar-refractivity contribution is 5.91. The standard InChI is InChI=1S/C14H17F2NO6/c15-6-1-2-8(7(16)3-6)17-11(19)4-9-12(20)14(22)13(21)10(5-18)23-9/h1-3,9-10,12-14,18,20-22H,4-5H2,(H,17,19). The van der Waals surface area contributed by atoms with Crippen molar-refractivity contribution in [3.63, 3.8) is 0 Å². The van der Waals surface area contributed by atoms with E-state index in [4.69, 9.17) is 9.84 Å². The third-order valence-corrected chi connectivity index (χ3v) is 3.58. The van der Waals surface area contributed by atoms with Gasteiger partial charge in [0.05, 0.1) is 24.8 Å². The van der Waals surface area contributed by atoms with E-state index in [1.54, 1.807) is 0 Å². The third kappa shape index (κ3) is 4.01. The highest BCUT2D eigenvalue weighted by Gasteiger charge is 2.43. The number of hydrogen-bond donors (Lipinski definition) is 5. The number of aliphatic hydroxyl groups excluding tert-OH is 4. The molecule has 7 nitrogen and oxygen atoms in total. The molecular formula is C14H17F2NO6. The Morgan fingerprint density at radius 2 is 1.78 bits per heavy atom. The molecule has 1 amide bonds. The molecule has 2 rings (SSSR count). The first-order valence-corrected chi connectivity index (χ1v) is 6.89. The highest BCUT2D eigenvalue weighted by Crippen LogP contribution is 2.24. The van der Waals surface area contributed by atoms with Crippen LogP contribution in [0.3, 0.4) is 0 Å². The van der Waals surface area contributed by atoms with E-state index in [2.05, 4.69) is 5.32 Å². The van der Waals surface area contributed by atoms with E-state index in [0.29, 0.717) is 6.07 Å². The largest absolute Gasteiger partial charge is 0.394 e. The summed E-state index contributed by atoms with van der Waals surface area (Å²) >= 11 is 0. The van der Waals surface area contributed by atoms with Crippen LogP contribution in [0.1, 0.15) is 6.42 Å². The van der Waals surface area contributed by atoms with Gasteiger partial charge in [-0.3, -0.25) is 4.79 Å². The highest BCUT2D eigenvalue weighted by atomic mass is 19.1. The molecule has 128 valence electrons. The number of halogens is 2. The monoisotopic (exact) mass is 333 g/mol. The number of hydrogen-bond acceptors (Lipinski definition) is 6. The first-order chi connectivity index (χ1) is 10.8. The zero-order valence-corrected chi connectivity index (χ0v) is 11.9. The first kappa shape index (κ1) is 17.7. The Balaban J connectivity index is 2.01. The van der Waals surface area contributed by atoms with Crippen molar-refractivity contribution >= 4 is 11.6 Å². The van der Waals surface area contributed by atoms with Gasteiger partial charge in [0.15, 0.2) is 0 Å². The molecule has 1 aliphatic rings. The molecule has 5 N–H and O–H groups in total. The fourth-order valence-electron chi connectivity index (χ4n) is 2.32. The smallest absolute Gasteiger partial charge is 0.227 e. The minimum Gasteiger partial charge on any atom is -0.394 e. The molecule has 23 heavy (non-hydrogen) atoms. The zero-order valence-electron chi connectivity index (χ0n) is 11.9. The molecule has 1 saturated heterocycles. The molecule has 1 aromatic rings. The number of nitrogens with one attached hydrogen (secondary N) is 1. The third-order valence-electron chi connectivity index (χ3n) is 3.58. The van der Waals surface area contributed by atoms with E-state index >= 15 is 0 Å². The van der Waals surface area contributed by atoms with Crippen LogP contribution in [0, 0.1) is 11.6 Å². The van der Waals surface area contributed by atoms with Crippen molar-refractivity contribution in [1.29, 1.82) is 0 Å². The van der Waals surface area contributed by atoms with E-state index in [1.807, 2.05) is 0 Å². The van der Waals surface area contributed by atoms with Gasteiger partial charge in [-0.05, 0) is 12.1 Å². The number of rotatable bonds is 4. The molecule has 0 radical (unpaired) electrons. The molecule has 1 aliphatic heterocycles. The predicted octanol–water partition coefficient (Wildman–Crippen LogP) is -0.864. The molecule has 5 unspecified atom stereocenters. The lowest BCUT2D eigenvalue weighted by Crippen LogP contribution is -2.59. The normalized spacial score (nSPS) is 31.0. The molecule has 5 atom stereocenters. The Morgan fingerprint density at radius 1 is 1.13 bits per heavy atom. The second-order valence-electron chi connectivity index (χ2n) is 5.24. The Bertz CT molecular complexity index is 570. The van der Waals surface area contributed by atoms with Gasteiger partial charge in [-0.25, -0.2) is 8.78 Å². The van der Waals surface area contributed by atoms with Crippen LogP contribution < -0.4 is 5.32 Å². The van der Waals surface area contributed by atoms with Gasteiger partial charge in [0.2, 0.25) is 5.91 Å².